The molecule has 1 aromatic carbocycles. The third-order valence-corrected chi connectivity index (χ3v) is 5.46. The summed E-state index contributed by atoms with van der Waals surface area (Å²) < 4.78 is 0. The highest BCUT2D eigenvalue weighted by molar-refractivity contribution is 7.12. The van der Waals surface area contributed by atoms with E-state index in [-0.39, 0.29) is 0 Å². The van der Waals surface area contributed by atoms with Gasteiger partial charge in [-0.3, -0.25) is 0 Å². The summed E-state index contributed by atoms with van der Waals surface area (Å²) in [5, 5.41) is 11.0. The molecular weight excluding hydrogens is 252 g/mol. The lowest BCUT2D eigenvalue weighted by atomic mass is 9.75. The van der Waals surface area contributed by atoms with Crippen LogP contribution in [0.1, 0.15) is 53.0 Å². The molecule has 1 nitrogen and oxygen atoms in total. The van der Waals surface area contributed by atoms with Crippen LogP contribution in [-0.4, -0.2) is 5.11 Å². The standard InChI is InChI=1S/C17H20OS/c1-12-10-11-16(19-12)17(2,18)15-9-4-3-8-14(15)13-6-5-7-13/h3-4,8-11,13,18H,5-7H2,1-2H3. The highest BCUT2D eigenvalue weighted by Gasteiger charge is 2.32. The number of hydrogen-bond donors (Lipinski definition) is 1. The summed E-state index contributed by atoms with van der Waals surface area (Å²) in [4.78, 5) is 2.29. The zero-order valence-electron chi connectivity index (χ0n) is 11.5. The average molecular weight is 272 g/mol. The predicted molar refractivity (Wildman–Crippen MR) is 80.8 cm³/mol. The third kappa shape index (κ3) is 2.24. The number of thiophene rings is 1. The Labute approximate surface area is 118 Å². The van der Waals surface area contributed by atoms with E-state index in [2.05, 4.69) is 37.3 Å². The first kappa shape index (κ1) is 12.9. The molecule has 1 fully saturated rings. The van der Waals surface area contributed by atoms with E-state index in [1.54, 1.807) is 11.3 Å². The Morgan fingerprint density at radius 1 is 1.16 bits per heavy atom. The molecule has 1 unspecified atom stereocenters. The molecule has 2 heteroatoms. The van der Waals surface area contributed by atoms with Crippen LogP contribution in [0.15, 0.2) is 36.4 Å². The van der Waals surface area contributed by atoms with Crippen LogP contribution in [0.25, 0.3) is 0 Å². The van der Waals surface area contributed by atoms with Gasteiger partial charge in [-0.15, -0.1) is 11.3 Å². The Bertz CT molecular complexity index is 578. The maximum absolute atomic E-state index is 11.0. The number of benzene rings is 1. The number of rotatable bonds is 3. The molecule has 1 aliphatic rings. The highest BCUT2D eigenvalue weighted by atomic mass is 32.1. The van der Waals surface area contributed by atoms with Crippen LogP contribution in [-0.2, 0) is 5.60 Å². The fourth-order valence-electron chi connectivity index (χ4n) is 2.84. The van der Waals surface area contributed by atoms with E-state index >= 15 is 0 Å². The van der Waals surface area contributed by atoms with Gasteiger partial charge in [-0.05, 0) is 55.9 Å². The first-order valence-corrected chi connectivity index (χ1v) is 7.79. The van der Waals surface area contributed by atoms with Gasteiger partial charge in [-0.25, -0.2) is 0 Å². The molecule has 0 amide bonds. The van der Waals surface area contributed by atoms with Crippen molar-refractivity contribution in [3.05, 3.63) is 57.3 Å². The zero-order valence-corrected chi connectivity index (χ0v) is 12.3. The van der Waals surface area contributed by atoms with Gasteiger partial charge in [-0.2, -0.15) is 0 Å². The molecule has 0 bridgehead atoms. The summed E-state index contributed by atoms with van der Waals surface area (Å²) in [5.41, 5.74) is 1.55. The van der Waals surface area contributed by atoms with E-state index in [0.717, 1.165) is 10.4 Å². The lowest BCUT2D eigenvalue weighted by Crippen LogP contribution is -2.25. The minimum absolute atomic E-state index is 0.642. The second-order valence-electron chi connectivity index (χ2n) is 5.70. The molecular formula is C17H20OS. The molecule has 2 aromatic rings. The molecule has 1 aliphatic carbocycles. The number of hydrogen-bond acceptors (Lipinski definition) is 2. The zero-order chi connectivity index (χ0) is 13.5. The summed E-state index contributed by atoms with van der Waals surface area (Å²) in [5.74, 6) is 0.642. The summed E-state index contributed by atoms with van der Waals surface area (Å²) in [6.45, 7) is 4.01. The lowest BCUT2D eigenvalue weighted by Gasteiger charge is -2.32. The molecule has 1 N–H and O–H groups in total. The molecule has 0 spiro atoms. The van der Waals surface area contributed by atoms with Crippen molar-refractivity contribution in [1.29, 1.82) is 0 Å². The molecule has 1 heterocycles. The second kappa shape index (κ2) is 4.77. The van der Waals surface area contributed by atoms with Gasteiger partial charge >= 0.3 is 0 Å². The fraction of sp³-hybridized carbons (Fsp3) is 0.412. The maximum Gasteiger partial charge on any atom is 0.121 e. The molecule has 0 saturated heterocycles. The molecule has 19 heavy (non-hydrogen) atoms. The van der Waals surface area contributed by atoms with Crippen molar-refractivity contribution in [1.82, 2.24) is 0 Å². The van der Waals surface area contributed by atoms with Gasteiger partial charge in [-0.1, -0.05) is 30.7 Å². The van der Waals surface area contributed by atoms with Crippen molar-refractivity contribution < 1.29 is 5.11 Å². The van der Waals surface area contributed by atoms with Gasteiger partial charge in [0.15, 0.2) is 0 Å². The molecule has 1 atom stereocenters. The highest BCUT2D eigenvalue weighted by Crippen LogP contribution is 2.43. The quantitative estimate of drug-likeness (QED) is 0.867. The van der Waals surface area contributed by atoms with Crippen molar-refractivity contribution >= 4 is 11.3 Å². The van der Waals surface area contributed by atoms with Crippen LogP contribution in [0.5, 0.6) is 0 Å². The predicted octanol–water partition coefficient (Wildman–Crippen LogP) is 4.58. The van der Waals surface area contributed by atoms with E-state index in [0.29, 0.717) is 5.92 Å². The van der Waals surface area contributed by atoms with Gasteiger partial charge in [0, 0.05) is 9.75 Å². The van der Waals surface area contributed by atoms with Crippen molar-refractivity contribution in [3.63, 3.8) is 0 Å². The maximum atomic E-state index is 11.0. The molecule has 1 saturated carbocycles. The largest absolute Gasteiger partial charge is 0.380 e. The third-order valence-electron chi connectivity index (χ3n) is 4.25. The average Bonchev–Trinajstić information content (AvgIpc) is 2.75. The smallest absolute Gasteiger partial charge is 0.121 e. The van der Waals surface area contributed by atoms with Crippen LogP contribution in [0, 0.1) is 6.92 Å². The van der Waals surface area contributed by atoms with Gasteiger partial charge in [0.05, 0.1) is 0 Å². The van der Waals surface area contributed by atoms with E-state index in [9.17, 15) is 5.11 Å². The Hall–Kier alpha value is -1.12. The molecule has 0 radical (unpaired) electrons. The van der Waals surface area contributed by atoms with Crippen LogP contribution in [0.2, 0.25) is 0 Å². The fourth-order valence-corrected chi connectivity index (χ4v) is 3.77. The van der Waals surface area contributed by atoms with E-state index in [1.807, 2.05) is 13.0 Å². The molecule has 100 valence electrons. The van der Waals surface area contributed by atoms with Crippen LogP contribution in [0.3, 0.4) is 0 Å². The Balaban J connectivity index is 2.05. The van der Waals surface area contributed by atoms with Crippen molar-refractivity contribution in [2.75, 3.05) is 0 Å². The Morgan fingerprint density at radius 3 is 2.47 bits per heavy atom. The molecule has 3 rings (SSSR count). The van der Waals surface area contributed by atoms with Crippen LogP contribution >= 0.6 is 11.3 Å². The monoisotopic (exact) mass is 272 g/mol. The first-order valence-electron chi connectivity index (χ1n) is 6.98. The lowest BCUT2D eigenvalue weighted by molar-refractivity contribution is 0.104. The van der Waals surface area contributed by atoms with E-state index in [1.165, 1.54) is 29.7 Å². The summed E-state index contributed by atoms with van der Waals surface area (Å²) in [6, 6.07) is 12.5. The van der Waals surface area contributed by atoms with Gasteiger partial charge in [0.25, 0.3) is 0 Å². The summed E-state index contributed by atoms with van der Waals surface area (Å²) in [7, 11) is 0. The second-order valence-corrected chi connectivity index (χ2v) is 6.99. The minimum Gasteiger partial charge on any atom is -0.380 e. The normalized spacial score (nSPS) is 18.9. The molecule has 0 aliphatic heterocycles. The van der Waals surface area contributed by atoms with Crippen LogP contribution < -0.4 is 0 Å². The SMILES string of the molecule is Cc1ccc(C(C)(O)c2ccccc2C2CCC2)s1. The number of aliphatic hydroxyl groups is 1. The van der Waals surface area contributed by atoms with E-state index in [4.69, 9.17) is 0 Å². The van der Waals surface area contributed by atoms with Gasteiger partial charge in [0.1, 0.15) is 5.60 Å². The van der Waals surface area contributed by atoms with Crippen molar-refractivity contribution in [2.45, 2.75) is 44.6 Å². The first-order chi connectivity index (χ1) is 9.09. The minimum atomic E-state index is -0.870. The Morgan fingerprint density at radius 2 is 1.89 bits per heavy atom. The van der Waals surface area contributed by atoms with Crippen molar-refractivity contribution in [2.24, 2.45) is 0 Å². The van der Waals surface area contributed by atoms with Crippen molar-refractivity contribution in [3.8, 4) is 0 Å². The van der Waals surface area contributed by atoms with Crippen LogP contribution in [0.4, 0.5) is 0 Å². The Kier molecular flexibility index (Phi) is 3.23. The van der Waals surface area contributed by atoms with Gasteiger partial charge in [0.2, 0.25) is 0 Å². The summed E-state index contributed by atoms with van der Waals surface area (Å²) >= 11 is 1.69. The number of aryl methyl sites for hydroxylation is 1. The van der Waals surface area contributed by atoms with E-state index < -0.39 is 5.60 Å². The topological polar surface area (TPSA) is 20.2 Å². The summed E-state index contributed by atoms with van der Waals surface area (Å²) in [6.07, 6.45) is 3.84. The molecule has 1 aromatic heterocycles. The van der Waals surface area contributed by atoms with Gasteiger partial charge < -0.3 is 5.11 Å².